The number of piperidine rings is 1. The van der Waals surface area contributed by atoms with E-state index in [0.717, 1.165) is 43.5 Å². The lowest BCUT2D eigenvalue weighted by molar-refractivity contribution is -0.134. The molecular formula is C20H28N2O3. The molecule has 1 heterocycles. The zero-order valence-corrected chi connectivity index (χ0v) is 14.8. The Labute approximate surface area is 149 Å². The summed E-state index contributed by atoms with van der Waals surface area (Å²) in [6, 6.07) is 8.07. The Morgan fingerprint density at radius 1 is 1.16 bits per heavy atom. The molecule has 25 heavy (non-hydrogen) atoms. The molecule has 2 aliphatic rings. The van der Waals surface area contributed by atoms with E-state index in [9.17, 15) is 9.59 Å². The van der Waals surface area contributed by atoms with Crippen molar-refractivity contribution in [3.8, 4) is 5.75 Å². The van der Waals surface area contributed by atoms with Crippen LogP contribution in [0.3, 0.4) is 0 Å². The van der Waals surface area contributed by atoms with Crippen molar-refractivity contribution >= 4 is 11.8 Å². The van der Waals surface area contributed by atoms with Gasteiger partial charge in [0.25, 0.3) is 0 Å². The van der Waals surface area contributed by atoms with Gasteiger partial charge < -0.3 is 15.4 Å². The largest absolute Gasteiger partial charge is 0.490 e. The molecule has 3 rings (SSSR count). The molecule has 5 nitrogen and oxygen atoms in total. The van der Waals surface area contributed by atoms with Crippen LogP contribution in [0.2, 0.25) is 0 Å². The first-order valence-corrected chi connectivity index (χ1v) is 9.44. The quantitative estimate of drug-likeness (QED) is 0.862. The van der Waals surface area contributed by atoms with Gasteiger partial charge in [-0.25, -0.2) is 0 Å². The lowest BCUT2D eigenvalue weighted by atomic mass is 9.97. The van der Waals surface area contributed by atoms with Gasteiger partial charge in [-0.15, -0.1) is 0 Å². The van der Waals surface area contributed by atoms with Crippen molar-refractivity contribution in [1.82, 2.24) is 4.90 Å². The van der Waals surface area contributed by atoms with Gasteiger partial charge in [0.2, 0.25) is 11.8 Å². The predicted molar refractivity (Wildman–Crippen MR) is 96.1 cm³/mol. The molecule has 2 amide bonds. The molecule has 0 aromatic heterocycles. The van der Waals surface area contributed by atoms with Crippen molar-refractivity contribution in [1.29, 1.82) is 0 Å². The Kier molecular flexibility index (Phi) is 5.95. The highest BCUT2D eigenvalue weighted by atomic mass is 16.5. The second-order valence-electron chi connectivity index (χ2n) is 7.25. The third-order valence-corrected chi connectivity index (χ3v) is 5.31. The van der Waals surface area contributed by atoms with Gasteiger partial charge in [0.1, 0.15) is 5.75 Å². The van der Waals surface area contributed by atoms with E-state index in [-0.39, 0.29) is 17.7 Å². The van der Waals surface area contributed by atoms with Gasteiger partial charge in [-0.3, -0.25) is 9.59 Å². The molecule has 1 saturated heterocycles. The number of hydrogen-bond acceptors (Lipinski definition) is 3. The van der Waals surface area contributed by atoms with E-state index in [1.165, 1.54) is 12.8 Å². The average molecular weight is 344 g/mol. The van der Waals surface area contributed by atoms with Crippen LogP contribution in [-0.2, 0) is 16.0 Å². The Bertz CT molecular complexity index is 611. The van der Waals surface area contributed by atoms with Gasteiger partial charge in [-0.05, 0) is 62.6 Å². The highest BCUT2D eigenvalue weighted by Gasteiger charge is 2.26. The fourth-order valence-corrected chi connectivity index (χ4v) is 3.82. The molecule has 1 atom stereocenters. The monoisotopic (exact) mass is 344 g/mol. The SMILES string of the molecule is NC(=O)[C@H]1CCCN(C(=O)CCc2cccc(OC3CCCC3)c2)C1. The van der Waals surface area contributed by atoms with Crippen molar-refractivity contribution in [3.05, 3.63) is 29.8 Å². The number of benzene rings is 1. The van der Waals surface area contributed by atoms with Gasteiger partial charge in [-0.1, -0.05) is 12.1 Å². The normalized spacial score (nSPS) is 21.3. The molecule has 0 unspecified atom stereocenters. The summed E-state index contributed by atoms with van der Waals surface area (Å²) in [6.07, 6.45) is 7.91. The molecule has 2 N–H and O–H groups in total. The number of amides is 2. The van der Waals surface area contributed by atoms with Crippen LogP contribution in [0.15, 0.2) is 24.3 Å². The third-order valence-electron chi connectivity index (χ3n) is 5.31. The summed E-state index contributed by atoms with van der Waals surface area (Å²) in [7, 11) is 0. The molecule has 136 valence electrons. The van der Waals surface area contributed by atoms with Gasteiger partial charge in [0.15, 0.2) is 0 Å². The first kappa shape index (κ1) is 17.8. The topological polar surface area (TPSA) is 72.6 Å². The average Bonchev–Trinajstić information content (AvgIpc) is 3.13. The van der Waals surface area contributed by atoms with Crippen molar-refractivity contribution in [2.45, 2.75) is 57.5 Å². The third kappa shape index (κ3) is 4.97. The van der Waals surface area contributed by atoms with Crippen LogP contribution in [0.5, 0.6) is 5.75 Å². The summed E-state index contributed by atoms with van der Waals surface area (Å²) in [5.74, 6) is 0.520. The summed E-state index contributed by atoms with van der Waals surface area (Å²) in [6.45, 7) is 1.20. The zero-order chi connectivity index (χ0) is 17.6. The summed E-state index contributed by atoms with van der Waals surface area (Å²) in [5.41, 5.74) is 6.51. The predicted octanol–water partition coefficient (Wildman–Crippen LogP) is 2.66. The van der Waals surface area contributed by atoms with Crippen molar-refractivity contribution in [2.24, 2.45) is 11.7 Å². The Balaban J connectivity index is 1.50. The molecule has 0 bridgehead atoms. The molecule has 1 saturated carbocycles. The number of rotatable bonds is 6. The first-order chi connectivity index (χ1) is 12.1. The van der Waals surface area contributed by atoms with Crippen LogP contribution in [0.1, 0.15) is 50.5 Å². The van der Waals surface area contributed by atoms with Gasteiger partial charge in [0.05, 0.1) is 12.0 Å². The minimum Gasteiger partial charge on any atom is -0.490 e. The maximum atomic E-state index is 12.4. The van der Waals surface area contributed by atoms with Crippen LogP contribution >= 0.6 is 0 Å². The molecule has 1 aliphatic heterocycles. The fraction of sp³-hybridized carbons (Fsp3) is 0.600. The Morgan fingerprint density at radius 3 is 2.72 bits per heavy atom. The highest BCUT2D eigenvalue weighted by molar-refractivity contribution is 5.80. The number of aryl methyl sites for hydroxylation is 1. The minimum atomic E-state index is -0.297. The number of nitrogens with two attached hydrogens (primary N) is 1. The van der Waals surface area contributed by atoms with Crippen LogP contribution in [0.25, 0.3) is 0 Å². The lowest BCUT2D eigenvalue weighted by Crippen LogP contribution is -2.44. The second kappa shape index (κ2) is 8.37. The van der Waals surface area contributed by atoms with Crippen LogP contribution in [-0.4, -0.2) is 35.9 Å². The van der Waals surface area contributed by atoms with E-state index < -0.39 is 0 Å². The summed E-state index contributed by atoms with van der Waals surface area (Å²) in [4.78, 5) is 25.6. The highest BCUT2D eigenvalue weighted by Crippen LogP contribution is 2.25. The Hall–Kier alpha value is -2.04. The van der Waals surface area contributed by atoms with Gasteiger partial charge >= 0.3 is 0 Å². The smallest absolute Gasteiger partial charge is 0.222 e. The zero-order valence-electron chi connectivity index (χ0n) is 14.8. The van der Waals surface area contributed by atoms with Gasteiger partial charge in [0, 0.05) is 19.5 Å². The number of carbonyl (C=O) groups excluding carboxylic acids is 2. The number of nitrogens with zero attached hydrogens (tertiary/aromatic N) is 1. The first-order valence-electron chi connectivity index (χ1n) is 9.44. The van der Waals surface area contributed by atoms with E-state index in [0.29, 0.717) is 25.5 Å². The maximum Gasteiger partial charge on any atom is 0.222 e. The molecule has 5 heteroatoms. The van der Waals surface area contributed by atoms with Gasteiger partial charge in [-0.2, -0.15) is 0 Å². The van der Waals surface area contributed by atoms with E-state index in [1.54, 1.807) is 4.90 Å². The lowest BCUT2D eigenvalue weighted by Gasteiger charge is -2.31. The van der Waals surface area contributed by atoms with E-state index in [2.05, 4.69) is 0 Å². The molecule has 0 spiro atoms. The van der Waals surface area contributed by atoms with Crippen LogP contribution in [0.4, 0.5) is 0 Å². The number of primary amides is 1. The Morgan fingerprint density at radius 2 is 1.96 bits per heavy atom. The molecule has 1 aromatic rings. The maximum absolute atomic E-state index is 12.4. The van der Waals surface area contributed by atoms with Crippen molar-refractivity contribution < 1.29 is 14.3 Å². The molecular weight excluding hydrogens is 316 g/mol. The number of likely N-dealkylation sites (tertiary alicyclic amines) is 1. The molecule has 2 fully saturated rings. The number of hydrogen-bond donors (Lipinski definition) is 1. The van der Waals surface area contributed by atoms with Crippen LogP contribution < -0.4 is 10.5 Å². The second-order valence-corrected chi connectivity index (χ2v) is 7.25. The number of carbonyl (C=O) groups is 2. The summed E-state index contributed by atoms with van der Waals surface area (Å²) < 4.78 is 6.03. The van der Waals surface area contributed by atoms with E-state index in [4.69, 9.17) is 10.5 Å². The minimum absolute atomic E-state index is 0.105. The number of ether oxygens (including phenoxy) is 1. The van der Waals surface area contributed by atoms with E-state index >= 15 is 0 Å². The fourth-order valence-electron chi connectivity index (χ4n) is 3.82. The standard InChI is InChI=1S/C20H28N2O3/c21-20(24)16-6-4-12-22(14-16)19(23)11-10-15-5-3-9-18(13-15)25-17-7-1-2-8-17/h3,5,9,13,16-17H,1-2,4,6-8,10-12,14H2,(H2,21,24)/t16-/m0/s1. The van der Waals surface area contributed by atoms with Crippen molar-refractivity contribution in [2.75, 3.05) is 13.1 Å². The van der Waals surface area contributed by atoms with E-state index in [1.807, 2.05) is 24.3 Å². The van der Waals surface area contributed by atoms with Crippen LogP contribution in [0, 0.1) is 5.92 Å². The molecule has 1 aliphatic carbocycles. The molecule has 0 radical (unpaired) electrons. The molecule has 1 aromatic carbocycles. The summed E-state index contributed by atoms with van der Waals surface area (Å²) in [5, 5.41) is 0. The van der Waals surface area contributed by atoms with Crippen molar-refractivity contribution in [3.63, 3.8) is 0 Å². The summed E-state index contributed by atoms with van der Waals surface area (Å²) >= 11 is 0.